The van der Waals surface area contributed by atoms with Gasteiger partial charge in [0.15, 0.2) is 11.6 Å². The van der Waals surface area contributed by atoms with Gasteiger partial charge in [0, 0.05) is 5.54 Å². The predicted octanol–water partition coefficient (Wildman–Crippen LogP) is 2.16. The van der Waals surface area contributed by atoms with Crippen LogP contribution in [0.2, 0.25) is 0 Å². The van der Waals surface area contributed by atoms with E-state index >= 15 is 0 Å². The second kappa shape index (κ2) is 2.83. The first-order valence-corrected chi connectivity index (χ1v) is 3.65. The molecular formula is C9H11F2N. The molecule has 0 saturated heterocycles. The van der Waals surface area contributed by atoms with Crippen molar-refractivity contribution >= 4 is 0 Å². The van der Waals surface area contributed by atoms with Crippen molar-refractivity contribution in [3.8, 4) is 0 Å². The van der Waals surface area contributed by atoms with Crippen LogP contribution in [-0.4, -0.2) is 0 Å². The van der Waals surface area contributed by atoms with Crippen molar-refractivity contribution in [2.24, 2.45) is 5.73 Å². The molecule has 2 N–H and O–H groups in total. The van der Waals surface area contributed by atoms with Gasteiger partial charge in [-0.1, -0.05) is 6.07 Å². The van der Waals surface area contributed by atoms with Crippen LogP contribution in [0.5, 0.6) is 0 Å². The Morgan fingerprint density at radius 2 is 1.75 bits per heavy atom. The fraction of sp³-hybridized carbons (Fsp3) is 0.333. The van der Waals surface area contributed by atoms with E-state index in [1.54, 1.807) is 13.8 Å². The molecule has 1 aromatic rings. The van der Waals surface area contributed by atoms with Gasteiger partial charge in [-0.2, -0.15) is 0 Å². The van der Waals surface area contributed by atoms with Crippen LogP contribution in [0, 0.1) is 11.6 Å². The molecule has 0 bridgehead atoms. The summed E-state index contributed by atoms with van der Waals surface area (Å²) in [6.07, 6.45) is 0. The first-order valence-electron chi connectivity index (χ1n) is 3.65. The highest BCUT2D eigenvalue weighted by Gasteiger charge is 2.15. The fourth-order valence-corrected chi connectivity index (χ4v) is 0.897. The van der Waals surface area contributed by atoms with Gasteiger partial charge in [0.2, 0.25) is 0 Å². The number of hydrogen-bond acceptors (Lipinski definition) is 1. The molecule has 1 rings (SSSR count). The van der Waals surface area contributed by atoms with Gasteiger partial charge >= 0.3 is 0 Å². The molecule has 0 heterocycles. The standard InChI is InChI=1S/C9H11F2N/c1-9(2,12)6-3-4-7(10)8(11)5-6/h3-5H,12H2,1-2H3. The quantitative estimate of drug-likeness (QED) is 0.688. The van der Waals surface area contributed by atoms with Crippen LogP contribution in [0.15, 0.2) is 18.2 Å². The Bertz CT molecular complexity index is 289. The third kappa shape index (κ3) is 1.80. The van der Waals surface area contributed by atoms with Crippen LogP contribution in [0.4, 0.5) is 8.78 Å². The van der Waals surface area contributed by atoms with Crippen molar-refractivity contribution in [1.82, 2.24) is 0 Å². The number of hydrogen-bond donors (Lipinski definition) is 1. The number of halogens is 2. The summed E-state index contributed by atoms with van der Waals surface area (Å²) >= 11 is 0. The van der Waals surface area contributed by atoms with Crippen LogP contribution >= 0.6 is 0 Å². The molecule has 0 aliphatic heterocycles. The second-order valence-electron chi connectivity index (χ2n) is 3.35. The highest BCUT2D eigenvalue weighted by molar-refractivity contribution is 5.23. The van der Waals surface area contributed by atoms with E-state index in [9.17, 15) is 8.78 Å². The summed E-state index contributed by atoms with van der Waals surface area (Å²) in [4.78, 5) is 0. The van der Waals surface area contributed by atoms with Crippen molar-refractivity contribution < 1.29 is 8.78 Å². The lowest BCUT2D eigenvalue weighted by atomic mass is 9.96. The minimum Gasteiger partial charge on any atom is -0.322 e. The number of benzene rings is 1. The van der Waals surface area contributed by atoms with Crippen LogP contribution in [-0.2, 0) is 5.54 Å². The molecule has 0 atom stereocenters. The third-order valence-electron chi connectivity index (χ3n) is 1.66. The molecule has 3 heteroatoms. The van der Waals surface area contributed by atoms with E-state index in [-0.39, 0.29) is 0 Å². The maximum atomic E-state index is 12.7. The third-order valence-corrected chi connectivity index (χ3v) is 1.66. The Balaban J connectivity index is 3.14. The molecule has 66 valence electrons. The first-order chi connectivity index (χ1) is 5.41. The lowest BCUT2D eigenvalue weighted by Crippen LogP contribution is -2.28. The lowest BCUT2D eigenvalue weighted by molar-refractivity contribution is 0.494. The molecule has 0 unspecified atom stereocenters. The van der Waals surface area contributed by atoms with Gasteiger partial charge in [-0.15, -0.1) is 0 Å². The Morgan fingerprint density at radius 3 is 2.17 bits per heavy atom. The van der Waals surface area contributed by atoms with E-state index in [1.807, 2.05) is 0 Å². The van der Waals surface area contributed by atoms with Crippen molar-refractivity contribution in [3.63, 3.8) is 0 Å². The van der Waals surface area contributed by atoms with Gasteiger partial charge < -0.3 is 5.73 Å². The summed E-state index contributed by atoms with van der Waals surface area (Å²) in [5, 5.41) is 0. The molecule has 0 radical (unpaired) electrons. The minimum atomic E-state index is -0.856. The highest BCUT2D eigenvalue weighted by Crippen LogP contribution is 2.18. The largest absolute Gasteiger partial charge is 0.322 e. The Kier molecular flexibility index (Phi) is 2.15. The van der Waals surface area contributed by atoms with Gasteiger partial charge in [-0.05, 0) is 31.5 Å². The normalized spacial score (nSPS) is 11.8. The van der Waals surface area contributed by atoms with E-state index in [2.05, 4.69) is 0 Å². The van der Waals surface area contributed by atoms with Crippen LogP contribution in [0.3, 0.4) is 0 Å². The van der Waals surface area contributed by atoms with E-state index in [0.717, 1.165) is 12.1 Å². The molecular weight excluding hydrogens is 160 g/mol. The molecule has 0 aliphatic carbocycles. The van der Waals surface area contributed by atoms with Crippen molar-refractivity contribution in [2.45, 2.75) is 19.4 Å². The van der Waals surface area contributed by atoms with Crippen LogP contribution < -0.4 is 5.73 Å². The molecule has 1 nitrogen and oxygen atoms in total. The summed E-state index contributed by atoms with van der Waals surface area (Å²) in [6, 6.07) is 3.69. The van der Waals surface area contributed by atoms with Gasteiger partial charge in [0.1, 0.15) is 0 Å². The van der Waals surface area contributed by atoms with Crippen molar-refractivity contribution in [1.29, 1.82) is 0 Å². The summed E-state index contributed by atoms with van der Waals surface area (Å²) < 4.78 is 25.2. The maximum Gasteiger partial charge on any atom is 0.159 e. The predicted molar refractivity (Wildman–Crippen MR) is 43.6 cm³/mol. The SMILES string of the molecule is CC(C)(N)c1ccc(F)c(F)c1. The zero-order valence-electron chi connectivity index (χ0n) is 7.07. The second-order valence-corrected chi connectivity index (χ2v) is 3.35. The summed E-state index contributed by atoms with van der Waals surface area (Å²) in [7, 11) is 0. The molecule has 0 saturated carbocycles. The smallest absolute Gasteiger partial charge is 0.159 e. The highest BCUT2D eigenvalue weighted by atomic mass is 19.2. The van der Waals surface area contributed by atoms with Crippen LogP contribution in [0.25, 0.3) is 0 Å². The zero-order chi connectivity index (χ0) is 9.35. The molecule has 0 spiro atoms. The average molecular weight is 171 g/mol. The van der Waals surface area contributed by atoms with Gasteiger partial charge in [0.25, 0.3) is 0 Å². The minimum absolute atomic E-state index is 0.585. The number of rotatable bonds is 1. The Labute approximate surface area is 70.2 Å². The monoisotopic (exact) mass is 171 g/mol. The molecule has 1 aromatic carbocycles. The summed E-state index contributed by atoms with van der Waals surface area (Å²) in [5.74, 6) is -1.70. The van der Waals surface area contributed by atoms with Crippen molar-refractivity contribution in [2.75, 3.05) is 0 Å². The topological polar surface area (TPSA) is 26.0 Å². The molecule has 0 amide bonds. The number of nitrogens with two attached hydrogens (primary N) is 1. The van der Waals surface area contributed by atoms with E-state index in [0.29, 0.717) is 5.56 Å². The lowest BCUT2D eigenvalue weighted by Gasteiger charge is -2.18. The van der Waals surface area contributed by atoms with E-state index in [4.69, 9.17) is 5.73 Å². The van der Waals surface area contributed by atoms with E-state index in [1.165, 1.54) is 6.07 Å². The molecule has 0 aromatic heterocycles. The van der Waals surface area contributed by atoms with Crippen LogP contribution in [0.1, 0.15) is 19.4 Å². The summed E-state index contributed by atoms with van der Waals surface area (Å²) in [5.41, 5.74) is 5.64. The average Bonchev–Trinajstić information content (AvgIpc) is 1.92. The van der Waals surface area contributed by atoms with Crippen molar-refractivity contribution in [3.05, 3.63) is 35.4 Å². The molecule has 0 aliphatic rings. The van der Waals surface area contributed by atoms with Gasteiger partial charge in [-0.25, -0.2) is 8.78 Å². The van der Waals surface area contributed by atoms with E-state index < -0.39 is 17.2 Å². The zero-order valence-corrected chi connectivity index (χ0v) is 7.07. The Hall–Kier alpha value is -0.960. The van der Waals surface area contributed by atoms with Gasteiger partial charge in [-0.3, -0.25) is 0 Å². The first kappa shape index (κ1) is 9.13. The molecule has 12 heavy (non-hydrogen) atoms. The Morgan fingerprint density at radius 1 is 1.17 bits per heavy atom. The molecule has 0 fully saturated rings. The van der Waals surface area contributed by atoms with Gasteiger partial charge in [0.05, 0.1) is 0 Å². The fourth-order valence-electron chi connectivity index (χ4n) is 0.897. The maximum absolute atomic E-state index is 12.7. The summed E-state index contributed by atoms with van der Waals surface area (Å²) in [6.45, 7) is 3.47.